The van der Waals surface area contributed by atoms with Gasteiger partial charge in [0.25, 0.3) is 0 Å². The van der Waals surface area contributed by atoms with Gasteiger partial charge in [-0.1, -0.05) is 31.9 Å². The van der Waals surface area contributed by atoms with Crippen LogP contribution in [0.4, 0.5) is 0 Å². The highest BCUT2D eigenvalue weighted by molar-refractivity contribution is 6.62. The van der Waals surface area contributed by atoms with Crippen LogP contribution in [-0.2, 0) is 4.65 Å². The first-order valence-corrected chi connectivity index (χ1v) is 6.84. The van der Waals surface area contributed by atoms with Gasteiger partial charge in [-0.05, 0) is 18.1 Å². The summed E-state index contributed by atoms with van der Waals surface area (Å²) in [6.07, 6.45) is 2.41. The number of hydrogen-bond acceptors (Lipinski definition) is 5. The topological polar surface area (TPSA) is 81.8 Å². The van der Waals surface area contributed by atoms with Crippen LogP contribution in [0, 0.1) is 10.1 Å². The molecular formula is C13H18BNO5. The van der Waals surface area contributed by atoms with Gasteiger partial charge in [-0.25, -0.2) is 0 Å². The molecule has 1 unspecified atom stereocenters. The van der Waals surface area contributed by atoms with Crippen LogP contribution in [0.2, 0.25) is 0 Å². The Hall–Kier alpha value is -1.60. The monoisotopic (exact) mass is 279 g/mol. The van der Waals surface area contributed by atoms with Crippen molar-refractivity contribution in [3.8, 4) is 5.75 Å². The third-order valence-corrected chi connectivity index (χ3v) is 3.31. The summed E-state index contributed by atoms with van der Waals surface area (Å²) < 4.78 is 10.9. The number of fused-ring (bicyclic) bond motifs is 1. The van der Waals surface area contributed by atoms with Gasteiger partial charge < -0.3 is 14.4 Å². The van der Waals surface area contributed by atoms with Crippen LogP contribution in [0.5, 0.6) is 5.75 Å². The Balaban J connectivity index is 2.12. The van der Waals surface area contributed by atoms with E-state index in [1.807, 2.05) is 0 Å². The molecule has 20 heavy (non-hydrogen) atoms. The molecule has 1 atom stereocenters. The molecule has 1 aromatic carbocycles. The van der Waals surface area contributed by atoms with Gasteiger partial charge in [-0.3, -0.25) is 10.1 Å². The molecule has 7 heteroatoms. The van der Waals surface area contributed by atoms with E-state index in [4.69, 9.17) is 9.39 Å². The lowest BCUT2D eigenvalue weighted by Gasteiger charge is -2.10. The zero-order chi connectivity index (χ0) is 14.5. The van der Waals surface area contributed by atoms with E-state index in [-0.39, 0.29) is 6.54 Å². The third-order valence-electron chi connectivity index (χ3n) is 3.31. The first-order valence-electron chi connectivity index (χ1n) is 6.84. The predicted octanol–water partition coefficient (Wildman–Crippen LogP) is 1.29. The highest BCUT2D eigenvalue weighted by Gasteiger charge is 2.40. The van der Waals surface area contributed by atoms with Crippen molar-refractivity contribution in [2.45, 2.75) is 32.3 Å². The number of benzene rings is 1. The van der Waals surface area contributed by atoms with E-state index >= 15 is 0 Å². The number of ether oxygens (including phenoxy) is 1. The van der Waals surface area contributed by atoms with E-state index in [9.17, 15) is 15.1 Å². The van der Waals surface area contributed by atoms with Gasteiger partial charge in [-0.2, -0.15) is 0 Å². The minimum atomic E-state index is -1.16. The van der Waals surface area contributed by atoms with Crippen LogP contribution in [0.25, 0.3) is 0 Å². The highest BCUT2D eigenvalue weighted by Crippen LogP contribution is 2.27. The second-order valence-electron chi connectivity index (χ2n) is 4.81. The summed E-state index contributed by atoms with van der Waals surface area (Å²) in [5.74, 6) is 0.553. The first-order chi connectivity index (χ1) is 9.63. The summed E-state index contributed by atoms with van der Waals surface area (Å²) in [7, 11) is -1.16. The molecule has 1 heterocycles. The van der Waals surface area contributed by atoms with Crippen LogP contribution in [-0.4, -0.2) is 30.2 Å². The highest BCUT2D eigenvalue weighted by atomic mass is 16.6. The lowest BCUT2D eigenvalue weighted by Crippen LogP contribution is -2.30. The van der Waals surface area contributed by atoms with Crippen LogP contribution < -0.4 is 10.2 Å². The van der Waals surface area contributed by atoms with E-state index in [1.165, 1.54) is 0 Å². The van der Waals surface area contributed by atoms with Gasteiger partial charge in [0.05, 0.1) is 6.61 Å². The second-order valence-corrected chi connectivity index (χ2v) is 4.81. The molecular weight excluding hydrogens is 261 g/mol. The summed E-state index contributed by atoms with van der Waals surface area (Å²) >= 11 is 0. The summed E-state index contributed by atoms with van der Waals surface area (Å²) in [6.45, 7) is 2.32. The first kappa shape index (κ1) is 14.8. The van der Waals surface area contributed by atoms with Crippen molar-refractivity contribution in [3.05, 3.63) is 33.9 Å². The number of rotatable bonds is 7. The Morgan fingerprint density at radius 1 is 1.50 bits per heavy atom. The van der Waals surface area contributed by atoms with Crippen LogP contribution in [0.15, 0.2) is 18.2 Å². The number of unbranched alkanes of at least 4 members (excludes halogenated alkanes) is 2. The minimum Gasteiger partial charge on any atom is -0.494 e. The van der Waals surface area contributed by atoms with Crippen molar-refractivity contribution in [2.75, 3.05) is 13.2 Å². The minimum absolute atomic E-state index is 0.358. The molecule has 0 aliphatic carbocycles. The molecule has 6 nitrogen and oxygen atoms in total. The summed E-state index contributed by atoms with van der Waals surface area (Å²) in [6, 6.07) is 5.26. The van der Waals surface area contributed by atoms with E-state index in [2.05, 4.69) is 6.92 Å². The molecule has 0 radical (unpaired) electrons. The van der Waals surface area contributed by atoms with Crippen molar-refractivity contribution in [1.29, 1.82) is 0 Å². The molecule has 0 saturated heterocycles. The van der Waals surface area contributed by atoms with Crippen LogP contribution in [0.3, 0.4) is 0 Å². The maximum Gasteiger partial charge on any atom is 0.496 e. The molecule has 1 N–H and O–H groups in total. The van der Waals surface area contributed by atoms with Crippen molar-refractivity contribution in [1.82, 2.24) is 0 Å². The largest absolute Gasteiger partial charge is 0.496 e. The average molecular weight is 279 g/mol. The Morgan fingerprint density at radius 2 is 2.30 bits per heavy atom. The van der Waals surface area contributed by atoms with E-state index < -0.39 is 18.1 Å². The number of hydrogen-bond donors (Lipinski definition) is 1. The summed E-state index contributed by atoms with van der Waals surface area (Å²) in [5, 5.41) is 20.5. The van der Waals surface area contributed by atoms with Crippen molar-refractivity contribution in [2.24, 2.45) is 0 Å². The standard InChI is InChI=1S/C13H18BNO5/c1-2-3-4-8-19-11-7-5-6-10-12(9-15(17)18)20-14(16)13(10)11/h5-7,12,16H,2-4,8-9H2,1H3. The molecule has 2 rings (SSSR count). The molecule has 0 amide bonds. The van der Waals surface area contributed by atoms with Crippen molar-refractivity contribution >= 4 is 12.6 Å². The van der Waals surface area contributed by atoms with E-state index in [1.54, 1.807) is 18.2 Å². The number of nitrogens with zero attached hydrogens (tertiary/aromatic N) is 1. The van der Waals surface area contributed by atoms with Crippen LogP contribution in [0.1, 0.15) is 37.9 Å². The van der Waals surface area contributed by atoms with Gasteiger partial charge in [0.1, 0.15) is 11.9 Å². The molecule has 0 aromatic heterocycles. The molecule has 0 fully saturated rings. The Labute approximate surface area is 118 Å². The van der Waals surface area contributed by atoms with Gasteiger partial charge in [0, 0.05) is 10.4 Å². The Kier molecular flexibility index (Phi) is 4.97. The molecule has 0 bridgehead atoms. The van der Waals surface area contributed by atoms with Gasteiger partial charge >= 0.3 is 7.12 Å². The molecule has 1 aliphatic heterocycles. The van der Waals surface area contributed by atoms with Gasteiger partial charge in [0.15, 0.2) is 0 Å². The Morgan fingerprint density at radius 3 is 3.00 bits per heavy atom. The van der Waals surface area contributed by atoms with Gasteiger partial charge in [0.2, 0.25) is 6.54 Å². The Bertz CT molecular complexity index is 482. The molecule has 1 aromatic rings. The maximum absolute atomic E-state index is 10.6. The molecule has 1 aliphatic rings. The lowest BCUT2D eigenvalue weighted by molar-refractivity contribution is -0.490. The zero-order valence-corrected chi connectivity index (χ0v) is 11.4. The zero-order valence-electron chi connectivity index (χ0n) is 11.4. The third kappa shape index (κ3) is 3.29. The fraction of sp³-hybridized carbons (Fsp3) is 0.538. The second kappa shape index (κ2) is 6.72. The smallest absolute Gasteiger partial charge is 0.494 e. The lowest BCUT2D eigenvalue weighted by atomic mass is 9.78. The molecule has 0 spiro atoms. The SMILES string of the molecule is CCCCCOc1cccc2c1B(O)OC2C[N+](=O)[O-]. The van der Waals surface area contributed by atoms with Crippen LogP contribution >= 0.6 is 0 Å². The maximum atomic E-state index is 10.6. The normalized spacial score (nSPS) is 17.1. The van der Waals surface area contributed by atoms with E-state index in [0.717, 1.165) is 19.3 Å². The fourth-order valence-corrected chi connectivity index (χ4v) is 2.34. The summed E-state index contributed by atoms with van der Waals surface area (Å²) in [5.41, 5.74) is 1.16. The molecule has 108 valence electrons. The van der Waals surface area contributed by atoms with Crippen molar-refractivity contribution in [3.63, 3.8) is 0 Å². The van der Waals surface area contributed by atoms with Crippen molar-refractivity contribution < 1.29 is 19.3 Å². The fourth-order valence-electron chi connectivity index (χ4n) is 2.34. The van der Waals surface area contributed by atoms with Gasteiger partial charge in [-0.15, -0.1) is 0 Å². The predicted molar refractivity (Wildman–Crippen MR) is 74.8 cm³/mol. The van der Waals surface area contributed by atoms with E-state index in [0.29, 0.717) is 23.4 Å². The summed E-state index contributed by atoms with van der Waals surface area (Å²) in [4.78, 5) is 10.2. The molecule has 0 saturated carbocycles. The number of nitro groups is 1. The quantitative estimate of drug-likeness (QED) is 0.352. The average Bonchev–Trinajstić information content (AvgIpc) is 2.72.